The number of nitrogens with one attached hydrogen (secondary N) is 1. The summed E-state index contributed by atoms with van der Waals surface area (Å²) in [4.78, 5) is 0. The van der Waals surface area contributed by atoms with Gasteiger partial charge in [-0.05, 0) is 35.4 Å². The highest BCUT2D eigenvalue weighted by Gasteiger charge is 2.03. The summed E-state index contributed by atoms with van der Waals surface area (Å²) < 4.78 is 26.7. The van der Waals surface area contributed by atoms with Gasteiger partial charge in [-0.3, -0.25) is 0 Å². The lowest BCUT2D eigenvalue weighted by Crippen LogP contribution is -2.13. The van der Waals surface area contributed by atoms with Gasteiger partial charge in [-0.15, -0.1) is 0 Å². The van der Waals surface area contributed by atoms with Gasteiger partial charge in [0.25, 0.3) is 0 Å². The smallest absolute Gasteiger partial charge is 0.159 e. The first-order chi connectivity index (χ1) is 9.06. The lowest BCUT2D eigenvalue weighted by molar-refractivity contribution is 0.506. The van der Waals surface area contributed by atoms with Gasteiger partial charge in [-0.1, -0.05) is 39.7 Å². The van der Waals surface area contributed by atoms with Crippen LogP contribution in [0, 0.1) is 11.6 Å². The second-order valence-corrected chi connectivity index (χ2v) is 5.41. The van der Waals surface area contributed by atoms with Crippen molar-refractivity contribution in [1.82, 2.24) is 5.32 Å². The van der Waals surface area contributed by atoms with Crippen molar-refractivity contribution in [3.8, 4) is 0 Å². The minimum absolute atomic E-state index is 0.448. The summed E-state index contributed by atoms with van der Waals surface area (Å²) in [6.45, 7) is 1.01. The van der Waals surface area contributed by atoms with Gasteiger partial charge in [0.15, 0.2) is 11.6 Å². The third kappa shape index (κ3) is 4.00. The van der Waals surface area contributed by atoms with Gasteiger partial charge in [0.2, 0.25) is 0 Å². The molecule has 0 heterocycles. The van der Waals surface area contributed by atoms with Crippen molar-refractivity contribution >= 4 is 27.5 Å². The predicted molar refractivity (Wildman–Crippen MR) is 76.1 cm³/mol. The minimum atomic E-state index is -0.834. The van der Waals surface area contributed by atoms with Crippen LogP contribution in [0.3, 0.4) is 0 Å². The molecule has 19 heavy (non-hydrogen) atoms. The van der Waals surface area contributed by atoms with Crippen molar-refractivity contribution in [2.75, 3.05) is 0 Å². The molecule has 0 radical (unpaired) electrons. The third-order valence-electron chi connectivity index (χ3n) is 2.64. The summed E-state index contributed by atoms with van der Waals surface area (Å²) in [7, 11) is 0. The molecule has 2 aromatic carbocycles. The van der Waals surface area contributed by atoms with E-state index in [2.05, 4.69) is 21.2 Å². The Labute approximate surface area is 123 Å². The molecule has 5 heteroatoms. The van der Waals surface area contributed by atoms with Crippen LogP contribution in [0.25, 0.3) is 0 Å². The summed E-state index contributed by atoms with van der Waals surface area (Å²) in [6.07, 6.45) is 0. The molecule has 0 atom stereocenters. The Balaban J connectivity index is 1.94. The van der Waals surface area contributed by atoms with E-state index in [9.17, 15) is 8.78 Å². The molecule has 0 spiro atoms. The van der Waals surface area contributed by atoms with Crippen molar-refractivity contribution in [3.05, 3.63) is 68.7 Å². The molecule has 0 bridgehead atoms. The van der Waals surface area contributed by atoms with E-state index >= 15 is 0 Å². The van der Waals surface area contributed by atoms with Crippen LogP contribution < -0.4 is 5.32 Å². The number of hydrogen-bond donors (Lipinski definition) is 1. The van der Waals surface area contributed by atoms with Gasteiger partial charge in [0.1, 0.15) is 0 Å². The molecule has 0 aliphatic carbocycles. The Bertz CT molecular complexity index is 590. The fourth-order valence-corrected chi connectivity index (χ4v) is 2.40. The van der Waals surface area contributed by atoms with Crippen LogP contribution in [0.2, 0.25) is 5.02 Å². The van der Waals surface area contributed by atoms with Crippen molar-refractivity contribution in [2.24, 2.45) is 0 Å². The summed E-state index contributed by atoms with van der Waals surface area (Å²) in [5, 5.41) is 3.80. The SMILES string of the molecule is Fc1ccc(CNCc2ccc(Br)cc2Cl)cc1F. The van der Waals surface area contributed by atoms with Crippen molar-refractivity contribution in [1.29, 1.82) is 0 Å². The van der Waals surface area contributed by atoms with Gasteiger partial charge in [-0.2, -0.15) is 0 Å². The van der Waals surface area contributed by atoms with E-state index in [0.717, 1.165) is 16.1 Å². The lowest BCUT2D eigenvalue weighted by Gasteiger charge is -2.07. The van der Waals surface area contributed by atoms with Gasteiger partial charge < -0.3 is 5.32 Å². The Morgan fingerprint density at radius 3 is 2.47 bits per heavy atom. The van der Waals surface area contributed by atoms with Crippen LogP contribution >= 0.6 is 27.5 Å². The molecule has 2 aromatic rings. The van der Waals surface area contributed by atoms with Crippen LogP contribution in [0.5, 0.6) is 0 Å². The highest BCUT2D eigenvalue weighted by molar-refractivity contribution is 9.10. The molecular formula is C14H11BrClF2N. The third-order valence-corrected chi connectivity index (χ3v) is 3.49. The number of benzene rings is 2. The van der Waals surface area contributed by atoms with Gasteiger partial charge in [0, 0.05) is 22.6 Å². The number of rotatable bonds is 4. The molecule has 2 rings (SSSR count). The summed E-state index contributed by atoms with van der Waals surface area (Å²) >= 11 is 9.41. The molecule has 100 valence electrons. The minimum Gasteiger partial charge on any atom is -0.309 e. The lowest BCUT2D eigenvalue weighted by atomic mass is 10.2. The topological polar surface area (TPSA) is 12.0 Å². The normalized spacial score (nSPS) is 10.7. The highest BCUT2D eigenvalue weighted by Crippen LogP contribution is 2.21. The Hall–Kier alpha value is -0.970. The Kier molecular flexibility index (Phi) is 4.91. The molecule has 0 fully saturated rings. The van der Waals surface area contributed by atoms with E-state index < -0.39 is 11.6 Å². The molecule has 0 aromatic heterocycles. The monoisotopic (exact) mass is 345 g/mol. The molecule has 0 saturated heterocycles. The molecule has 1 nitrogen and oxygen atoms in total. The Morgan fingerprint density at radius 2 is 1.79 bits per heavy atom. The van der Waals surface area contributed by atoms with E-state index in [0.29, 0.717) is 23.7 Å². The zero-order valence-corrected chi connectivity index (χ0v) is 12.2. The fraction of sp³-hybridized carbons (Fsp3) is 0.143. The summed E-state index contributed by atoms with van der Waals surface area (Å²) in [5.74, 6) is -1.67. The standard InChI is InChI=1S/C14H11BrClF2N/c15-11-3-2-10(12(16)6-11)8-19-7-9-1-4-13(17)14(18)5-9/h1-6,19H,7-8H2. The Morgan fingerprint density at radius 1 is 1.00 bits per heavy atom. The summed E-state index contributed by atoms with van der Waals surface area (Å²) in [5.41, 5.74) is 1.64. The van der Waals surface area contributed by atoms with Crippen LogP contribution in [-0.2, 0) is 13.1 Å². The van der Waals surface area contributed by atoms with Crippen molar-refractivity contribution in [3.63, 3.8) is 0 Å². The van der Waals surface area contributed by atoms with Crippen molar-refractivity contribution in [2.45, 2.75) is 13.1 Å². The highest BCUT2D eigenvalue weighted by atomic mass is 79.9. The van der Waals surface area contributed by atoms with Crippen molar-refractivity contribution < 1.29 is 8.78 Å². The van der Waals surface area contributed by atoms with E-state index in [1.165, 1.54) is 6.07 Å². The van der Waals surface area contributed by atoms with Gasteiger partial charge in [-0.25, -0.2) is 8.78 Å². The number of halogens is 4. The quantitative estimate of drug-likeness (QED) is 0.848. The first kappa shape index (κ1) is 14.4. The van der Waals surface area contributed by atoms with E-state index in [1.807, 2.05) is 18.2 Å². The van der Waals surface area contributed by atoms with Crippen LogP contribution in [0.1, 0.15) is 11.1 Å². The second-order valence-electron chi connectivity index (χ2n) is 4.09. The van der Waals surface area contributed by atoms with E-state index in [1.54, 1.807) is 6.07 Å². The molecular weight excluding hydrogens is 336 g/mol. The maximum absolute atomic E-state index is 13.0. The van der Waals surface area contributed by atoms with Crippen LogP contribution in [-0.4, -0.2) is 0 Å². The second kappa shape index (κ2) is 6.46. The molecule has 0 saturated carbocycles. The largest absolute Gasteiger partial charge is 0.309 e. The maximum atomic E-state index is 13.0. The van der Waals surface area contributed by atoms with E-state index in [-0.39, 0.29) is 0 Å². The summed E-state index contributed by atoms with van der Waals surface area (Å²) in [6, 6.07) is 9.49. The first-order valence-electron chi connectivity index (χ1n) is 5.65. The maximum Gasteiger partial charge on any atom is 0.159 e. The fourth-order valence-electron chi connectivity index (χ4n) is 1.66. The molecule has 1 N–H and O–H groups in total. The molecule has 0 amide bonds. The zero-order chi connectivity index (χ0) is 13.8. The predicted octanol–water partition coefficient (Wildman–Crippen LogP) is 4.67. The number of hydrogen-bond acceptors (Lipinski definition) is 1. The first-order valence-corrected chi connectivity index (χ1v) is 6.82. The van der Waals surface area contributed by atoms with Crippen LogP contribution in [0.15, 0.2) is 40.9 Å². The van der Waals surface area contributed by atoms with Gasteiger partial charge >= 0.3 is 0 Å². The van der Waals surface area contributed by atoms with Gasteiger partial charge in [0.05, 0.1) is 0 Å². The molecule has 0 aliphatic heterocycles. The zero-order valence-electron chi connectivity index (χ0n) is 9.89. The molecule has 0 unspecified atom stereocenters. The van der Waals surface area contributed by atoms with E-state index in [4.69, 9.17) is 11.6 Å². The van der Waals surface area contributed by atoms with Crippen LogP contribution in [0.4, 0.5) is 8.78 Å². The average Bonchev–Trinajstić information content (AvgIpc) is 2.36. The molecule has 0 aliphatic rings. The average molecular weight is 347 g/mol.